The number of hydrogen-bond acceptors (Lipinski definition) is 1. The van der Waals surface area contributed by atoms with Crippen LogP contribution >= 0.6 is 15.9 Å². The molecule has 0 spiro atoms. The Labute approximate surface area is 101 Å². The molecule has 1 aromatic carbocycles. The van der Waals surface area contributed by atoms with Gasteiger partial charge in [0.2, 0.25) is 0 Å². The first-order valence-electron chi connectivity index (χ1n) is 5.66. The molecule has 0 aromatic heterocycles. The van der Waals surface area contributed by atoms with Crippen molar-refractivity contribution in [2.75, 3.05) is 0 Å². The molecule has 0 aliphatic rings. The third kappa shape index (κ3) is 3.96. The summed E-state index contributed by atoms with van der Waals surface area (Å²) in [6, 6.07) is 6.59. The highest BCUT2D eigenvalue weighted by Crippen LogP contribution is 2.23. The number of benzene rings is 1. The monoisotopic (exact) mass is 269 g/mol. The van der Waals surface area contributed by atoms with Crippen molar-refractivity contribution in [2.45, 2.75) is 45.6 Å². The number of unbranched alkanes of at least 4 members (excludes halogenated alkanes) is 2. The van der Waals surface area contributed by atoms with Crippen LogP contribution in [0.25, 0.3) is 0 Å². The molecule has 0 aliphatic heterocycles. The molecular weight excluding hydrogens is 250 g/mol. The molecule has 15 heavy (non-hydrogen) atoms. The van der Waals surface area contributed by atoms with Gasteiger partial charge in [-0.15, -0.1) is 0 Å². The second kappa shape index (κ2) is 6.29. The zero-order chi connectivity index (χ0) is 11.3. The molecule has 0 saturated heterocycles. The highest BCUT2D eigenvalue weighted by molar-refractivity contribution is 9.10. The molecule has 0 amide bonds. The number of nitrogens with two attached hydrogens (primary N) is 1. The molecular formula is C13H20BrN. The van der Waals surface area contributed by atoms with E-state index in [2.05, 4.69) is 48.0 Å². The topological polar surface area (TPSA) is 26.0 Å². The average molecular weight is 270 g/mol. The minimum Gasteiger partial charge on any atom is -0.324 e. The lowest BCUT2D eigenvalue weighted by Crippen LogP contribution is -2.10. The van der Waals surface area contributed by atoms with Gasteiger partial charge in [0, 0.05) is 10.5 Å². The van der Waals surface area contributed by atoms with E-state index in [1.807, 2.05) is 0 Å². The Morgan fingerprint density at radius 1 is 1.33 bits per heavy atom. The maximum atomic E-state index is 6.13. The van der Waals surface area contributed by atoms with Crippen molar-refractivity contribution >= 4 is 15.9 Å². The third-order valence-electron chi connectivity index (χ3n) is 2.74. The SMILES string of the molecule is CCCCC[C@@H](N)c1ccc(C)c(Br)c1. The van der Waals surface area contributed by atoms with E-state index < -0.39 is 0 Å². The van der Waals surface area contributed by atoms with Crippen molar-refractivity contribution in [1.29, 1.82) is 0 Å². The van der Waals surface area contributed by atoms with Crippen molar-refractivity contribution in [3.8, 4) is 0 Å². The molecule has 2 heteroatoms. The van der Waals surface area contributed by atoms with Gasteiger partial charge >= 0.3 is 0 Å². The third-order valence-corrected chi connectivity index (χ3v) is 3.60. The minimum atomic E-state index is 0.188. The van der Waals surface area contributed by atoms with Crippen molar-refractivity contribution in [3.63, 3.8) is 0 Å². The summed E-state index contributed by atoms with van der Waals surface area (Å²) in [5.74, 6) is 0. The van der Waals surface area contributed by atoms with Crippen LogP contribution in [0.1, 0.15) is 49.8 Å². The summed E-state index contributed by atoms with van der Waals surface area (Å²) in [4.78, 5) is 0. The van der Waals surface area contributed by atoms with Crippen molar-refractivity contribution in [1.82, 2.24) is 0 Å². The largest absolute Gasteiger partial charge is 0.324 e. The standard InChI is InChI=1S/C13H20BrN/c1-3-4-5-6-13(15)11-8-7-10(2)12(14)9-11/h7-9,13H,3-6,15H2,1-2H3/t13-/m1/s1. The van der Waals surface area contributed by atoms with Crippen LogP contribution in [-0.4, -0.2) is 0 Å². The van der Waals surface area contributed by atoms with Gasteiger partial charge in [0.15, 0.2) is 0 Å². The molecule has 1 aromatic rings. The summed E-state index contributed by atoms with van der Waals surface area (Å²) in [7, 11) is 0. The Morgan fingerprint density at radius 2 is 2.07 bits per heavy atom. The van der Waals surface area contributed by atoms with Crippen LogP contribution in [0.4, 0.5) is 0 Å². The Hall–Kier alpha value is -0.340. The molecule has 0 radical (unpaired) electrons. The Balaban J connectivity index is 2.57. The van der Waals surface area contributed by atoms with Crippen LogP contribution in [-0.2, 0) is 0 Å². The zero-order valence-corrected chi connectivity index (χ0v) is 11.2. The van der Waals surface area contributed by atoms with Crippen LogP contribution in [0.2, 0.25) is 0 Å². The van der Waals surface area contributed by atoms with E-state index in [1.54, 1.807) is 0 Å². The van der Waals surface area contributed by atoms with E-state index in [0.717, 1.165) is 10.9 Å². The lowest BCUT2D eigenvalue weighted by atomic mass is 10.0. The molecule has 0 aliphatic carbocycles. The molecule has 0 unspecified atom stereocenters. The second-order valence-corrected chi connectivity index (χ2v) is 4.97. The van der Waals surface area contributed by atoms with Gasteiger partial charge in [0.05, 0.1) is 0 Å². The smallest absolute Gasteiger partial charge is 0.0295 e. The maximum Gasteiger partial charge on any atom is 0.0295 e. The summed E-state index contributed by atoms with van der Waals surface area (Å²) < 4.78 is 1.16. The van der Waals surface area contributed by atoms with Gasteiger partial charge in [0.25, 0.3) is 0 Å². The fraction of sp³-hybridized carbons (Fsp3) is 0.538. The summed E-state index contributed by atoms with van der Waals surface area (Å²) in [5, 5.41) is 0. The first-order valence-corrected chi connectivity index (χ1v) is 6.46. The normalized spacial score (nSPS) is 12.8. The Morgan fingerprint density at radius 3 is 2.67 bits per heavy atom. The molecule has 0 bridgehead atoms. The van der Waals surface area contributed by atoms with Crippen molar-refractivity contribution in [3.05, 3.63) is 33.8 Å². The zero-order valence-electron chi connectivity index (χ0n) is 9.59. The predicted molar refractivity (Wildman–Crippen MR) is 69.9 cm³/mol. The molecule has 0 heterocycles. The quantitative estimate of drug-likeness (QED) is 0.791. The van der Waals surface area contributed by atoms with Gasteiger partial charge < -0.3 is 5.73 Å². The summed E-state index contributed by atoms with van der Waals surface area (Å²) in [6.45, 7) is 4.31. The molecule has 1 atom stereocenters. The van der Waals surface area contributed by atoms with E-state index in [9.17, 15) is 0 Å². The van der Waals surface area contributed by atoms with Crippen LogP contribution in [0.15, 0.2) is 22.7 Å². The van der Waals surface area contributed by atoms with Gasteiger partial charge in [-0.25, -0.2) is 0 Å². The van der Waals surface area contributed by atoms with Crippen LogP contribution in [0.5, 0.6) is 0 Å². The molecule has 1 rings (SSSR count). The van der Waals surface area contributed by atoms with E-state index in [-0.39, 0.29) is 6.04 Å². The number of hydrogen-bond donors (Lipinski definition) is 1. The van der Waals surface area contributed by atoms with E-state index in [1.165, 1.54) is 30.4 Å². The van der Waals surface area contributed by atoms with Crippen molar-refractivity contribution in [2.24, 2.45) is 5.73 Å². The van der Waals surface area contributed by atoms with Crippen molar-refractivity contribution < 1.29 is 0 Å². The van der Waals surface area contributed by atoms with Crippen LogP contribution in [0.3, 0.4) is 0 Å². The minimum absolute atomic E-state index is 0.188. The lowest BCUT2D eigenvalue weighted by molar-refractivity contribution is 0.581. The van der Waals surface area contributed by atoms with E-state index >= 15 is 0 Å². The maximum absolute atomic E-state index is 6.13. The summed E-state index contributed by atoms with van der Waals surface area (Å²) in [5.41, 5.74) is 8.64. The molecule has 0 fully saturated rings. The van der Waals surface area contributed by atoms with Gasteiger partial charge in [-0.3, -0.25) is 0 Å². The second-order valence-electron chi connectivity index (χ2n) is 4.11. The summed E-state index contributed by atoms with van der Waals surface area (Å²) >= 11 is 3.54. The van der Waals surface area contributed by atoms with Gasteiger partial charge in [0.1, 0.15) is 0 Å². The average Bonchev–Trinajstić information content (AvgIpc) is 2.22. The highest BCUT2D eigenvalue weighted by atomic mass is 79.9. The summed E-state index contributed by atoms with van der Waals surface area (Å²) in [6.07, 6.45) is 4.84. The van der Waals surface area contributed by atoms with Gasteiger partial charge in [-0.05, 0) is 30.5 Å². The van der Waals surface area contributed by atoms with E-state index in [4.69, 9.17) is 5.73 Å². The fourth-order valence-corrected chi connectivity index (χ4v) is 2.02. The number of aryl methyl sites for hydroxylation is 1. The molecule has 1 nitrogen and oxygen atoms in total. The first kappa shape index (κ1) is 12.7. The predicted octanol–water partition coefficient (Wildman–Crippen LogP) is 4.34. The van der Waals surface area contributed by atoms with Crippen LogP contribution in [0, 0.1) is 6.92 Å². The fourth-order valence-electron chi connectivity index (χ4n) is 1.62. The van der Waals surface area contributed by atoms with Gasteiger partial charge in [-0.2, -0.15) is 0 Å². The lowest BCUT2D eigenvalue weighted by Gasteiger charge is -2.12. The van der Waals surface area contributed by atoms with Crippen LogP contribution < -0.4 is 5.73 Å². The Kier molecular flexibility index (Phi) is 5.34. The molecule has 2 N–H and O–H groups in total. The van der Waals surface area contributed by atoms with E-state index in [0.29, 0.717) is 0 Å². The highest BCUT2D eigenvalue weighted by Gasteiger charge is 2.06. The molecule has 0 saturated carbocycles. The molecule has 84 valence electrons. The number of halogens is 1. The Bertz CT molecular complexity index is 309. The van der Waals surface area contributed by atoms with Gasteiger partial charge in [-0.1, -0.05) is 54.2 Å². The number of rotatable bonds is 5. The first-order chi connectivity index (χ1) is 7.15.